The van der Waals surface area contributed by atoms with Crippen molar-refractivity contribution in [2.24, 2.45) is 11.7 Å². The quantitative estimate of drug-likeness (QED) is 0.608. The van der Waals surface area contributed by atoms with Crippen LogP contribution in [0.5, 0.6) is 0 Å². The average Bonchev–Trinajstić information content (AvgIpc) is 2.16. The second-order valence-corrected chi connectivity index (χ2v) is 4.59. The Bertz CT molecular complexity index is 169. The number of hydrogen-bond acceptors (Lipinski definition) is 2. The second kappa shape index (κ2) is 8.72. The highest BCUT2D eigenvalue weighted by Crippen LogP contribution is 2.05. The number of unbranched alkanes of at least 4 members (excludes halogenated alkanes) is 2. The van der Waals surface area contributed by atoms with Crippen LogP contribution in [-0.2, 0) is 4.79 Å². The number of hydrogen-bond donors (Lipinski definition) is 2. The fraction of sp³-hybridized carbons (Fsp3) is 0.917. The van der Waals surface area contributed by atoms with Crippen molar-refractivity contribution in [2.75, 3.05) is 6.54 Å². The molecule has 3 nitrogen and oxygen atoms in total. The van der Waals surface area contributed by atoms with Crippen molar-refractivity contribution in [1.82, 2.24) is 5.32 Å². The fourth-order valence-electron chi connectivity index (χ4n) is 1.62. The van der Waals surface area contributed by atoms with Gasteiger partial charge in [-0.05, 0) is 18.8 Å². The highest BCUT2D eigenvalue weighted by Gasteiger charge is 2.11. The number of rotatable bonds is 8. The van der Waals surface area contributed by atoms with Gasteiger partial charge in [-0.1, -0.05) is 33.6 Å². The minimum atomic E-state index is 0.152. The SMILES string of the molecule is CCCCCC(=O)NC(CN)CC(C)C. The lowest BCUT2D eigenvalue weighted by Crippen LogP contribution is -2.40. The van der Waals surface area contributed by atoms with E-state index in [9.17, 15) is 4.79 Å². The van der Waals surface area contributed by atoms with Crippen LogP contribution in [0.1, 0.15) is 52.9 Å². The van der Waals surface area contributed by atoms with Crippen LogP contribution in [0.4, 0.5) is 0 Å². The summed E-state index contributed by atoms with van der Waals surface area (Å²) >= 11 is 0. The van der Waals surface area contributed by atoms with Crippen molar-refractivity contribution < 1.29 is 4.79 Å². The number of carbonyl (C=O) groups is 1. The molecule has 0 aromatic carbocycles. The van der Waals surface area contributed by atoms with Gasteiger partial charge >= 0.3 is 0 Å². The van der Waals surface area contributed by atoms with Gasteiger partial charge in [-0.15, -0.1) is 0 Å². The first-order valence-electron chi connectivity index (χ1n) is 6.09. The van der Waals surface area contributed by atoms with E-state index in [-0.39, 0.29) is 11.9 Å². The molecule has 0 rings (SSSR count). The summed E-state index contributed by atoms with van der Waals surface area (Å²) in [5, 5.41) is 2.99. The van der Waals surface area contributed by atoms with Crippen molar-refractivity contribution in [3.8, 4) is 0 Å². The van der Waals surface area contributed by atoms with Gasteiger partial charge in [0.05, 0.1) is 0 Å². The standard InChI is InChI=1S/C12H26N2O/c1-4-5-6-7-12(15)14-11(9-13)8-10(2)3/h10-11H,4-9,13H2,1-3H3,(H,14,15). The summed E-state index contributed by atoms with van der Waals surface area (Å²) in [6.45, 7) is 6.97. The third-order valence-electron chi connectivity index (χ3n) is 2.41. The molecule has 0 aliphatic carbocycles. The van der Waals surface area contributed by atoms with Gasteiger partial charge in [0.25, 0.3) is 0 Å². The topological polar surface area (TPSA) is 55.1 Å². The van der Waals surface area contributed by atoms with Gasteiger partial charge in [0, 0.05) is 19.0 Å². The summed E-state index contributed by atoms with van der Waals surface area (Å²) in [7, 11) is 0. The lowest BCUT2D eigenvalue weighted by molar-refractivity contribution is -0.121. The Balaban J connectivity index is 3.70. The molecule has 0 fully saturated rings. The summed E-state index contributed by atoms with van der Waals surface area (Å²) in [4.78, 5) is 11.5. The fourth-order valence-corrected chi connectivity index (χ4v) is 1.62. The molecular formula is C12H26N2O. The van der Waals surface area contributed by atoms with Crippen molar-refractivity contribution in [3.05, 3.63) is 0 Å². The molecule has 0 saturated carbocycles. The molecule has 0 saturated heterocycles. The maximum absolute atomic E-state index is 11.5. The van der Waals surface area contributed by atoms with Gasteiger partial charge in [-0.3, -0.25) is 4.79 Å². The second-order valence-electron chi connectivity index (χ2n) is 4.59. The molecule has 0 aromatic rings. The smallest absolute Gasteiger partial charge is 0.220 e. The van der Waals surface area contributed by atoms with E-state index < -0.39 is 0 Å². The molecule has 3 N–H and O–H groups in total. The van der Waals surface area contributed by atoms with E-state index in [2.05, 4.69) is 26.1 Å². The Hall–Kier alpha value is -0.570. The van der Waals surface area contributed by atoms with Crippen molar-refractivity contribution in [2.45, 2.75) is 58.9 Å². The van der Waals surface area contributed by atoms with Crippen LogP contribution in [-0.4, -0.2) is 18.5 Å². The minimum absolute atomic E-state index is 0.152. The molecule has 90 valence electrons. The predicted molar refractivity (Wildman–Crippen MR) is 64.6 cm³/mol. The molecule has 0 spiro atoms. The Morgan fingerprint density at radius 2 is 2.00 bits per heavy atom. The highest BCUT2D eigenvalue weighted by atomic mass is 16.1. The molecule has 0 aliphatic heterocycles. The first-order chi connectivity index (χ1) is 7.10. The van der Waals surface area contributed by atoms with Gasteiger partial charge in [-0.25, -0.2) is 0 Å². The van der Waals surface area contributed by atoms with Crippen molar-refractivity contribution >= 4 is 5.91 Å². The van der Waals surface area contributed by atoms with E-state index in [4.69, 9.17) is 5.73 Å². The molecule has 1 atom stereocenters. The lowest BCUT2D eigenvalue weighted by atomic mass is 10.0. The molecule has 0 aliphatic rings. The molecule has 15 heavy (non-hydrogen) atoms. The van der Waals surface area contributed by atoms with Gasteiger partial charge in [-0.2, -0.15) is 0 Å². The summed E-state index contributed by atoms with van der Waals surface area (Å²) in [5.74, 6) is 0.731. The molecule has 1 amide bonds. The maximum Gasteiger partial charge on any atom is 0.220 e. The normalized spacial score (nSPS) is 12.9. The molecule has 0 radical (unpaired) electrons. The Labute approximate surface area is 93.8 Å². The average molecular weight is 214 g/mol. The monoisotopic (exact) mass is 214 g/mol. The van der Waals surface area contributed by atoms with E-state index in [0.717, 1.165) is 25.7 Å². The van der Waals surface area contributed by atoms with E-state index >= 15 is 0 Å². The zero-order valence-electron chi connectivity index (χ0n) is 10.4. The third kappa shape index (κ3) is 8.43. The van der Waals surface area contributed by atoms with E-state index in [1.165, 1.54) is 0 Å². The summed E-state index contributed by atoms with van der Waals surface area (Å²) in [6, 6.07) is 0.152. The molecular weight excluding hydrogens is 188 g/mol. The molecule has 1 unspecified atom stereocenters. The molecule has 0 aromatic heterocycles. The number of amides is 1. The maximum atomic E-state index is 11.5. The van der Waals surface area contributed by atoms with Crippen LogP contribution in [0, 0.1) is 5.92 Å². The van der Waals surface area contributed by atoms with Crippen LogP contribution >= 0.6 is 0 Å². The third-order valence-corrected chi connectivity index (χ3v) is 2.41. The van der Waals surface area contributed by atoms with Gasteiger partial charge in [0.15, 0.2) is 0 Å². The molecule has 0 bridgehead atoms. The minimum Gasteiger partial charge on any atom is -0.352 e. The number of carbonyl (C=O) groups excluding carboxylic acids is 1. The van der Waals surface area contributed by atoms with Crippen molar-refractivity contribution in [3.63, 3.8) is 0 Å². The van der Waals surface area contributed by atoms with Crippen LogP contribution in [0.3, 0.4) is 0 Å². The van der Waals surface area contributed by atoms with Gasteiger partial charge in [0.2, 0.25) is 5.91 Å². The summed E-state index contributed by atoms with van der Waals surface area (Å²) in [6.07, 6.45) is 4.88. The molecule has 0 heterocycles. The highest BCUT2D eigenvalue weighted by molar-refractivity contribution is 5.76. The van der Waals surface area contributed by atoms with Gasteiger partial charge < -0.3 is 11.1 Å². The zero-order valence-corrected chi connectivity index (χ0v) is 10.4. The molecule has 3 heteroatoms. The summed E-state index contributed by atoms with van der Waals surface area (Å²) in [5.41, 5.74) is 5.61. The van der Waals surface area contributed by atoms with Crippen LogP contribution in [0.25, 0.3) is 0 Å². The summed E-state index contributed by atoms with van der Waals surface area (Å²) < 4.78 is 0. The Morgan fingerprint density at radius 1 is 1.33 bits per heavy atom. The van der Waals surface area contributed by atoms with E-state index in [1.54, 1.807) is 0 Å². The van der Waals surface area contributed by atoms with Crippen LogP contribution < -0.4 is 11.1 Å². The first kappa shape index (κ1) is 14.4. The Morgan fingerprint density at radius 3 is 2.47 bits per heavy atom. The largest absolute Gasteiger partial charge is 0.352 e. The van der Waals surface area contributed by atoms with Crippen molar-refractivity contribution in [1.29, 1.82) is 0 Å². The number of nitrogens with two attached hydrogens (primary N) is 1. The number of nitrogens with one attached hydrogen (secondary N) is 1. The van der Waals surface area contributed by atoms with Crippen LogP contribution in [0.15, 0.2) is 0 Å². The van der Waals surface area contributed by atoms with Crippen LogP contribution in [0.2, 0.25) is 0 Å². The van der Waals surface area contributed by atoms with E-state index in [1.807, 2.05) is 0 Å². The predicted octanol–water partition coefficient (Wildman–Crippen LogP) is 2.06. The Kier molecular flexibility index (Phi) is 8.38. The first-order valence-corrected chi connectivity index (χ1v) is 6.09. The van der Waals surface area contributed by atoms with Gasteiger partial charge in [0.1, 0.15) is 0 Å². The zero-order chi connectivity index (χ0) is 11.7. The van der Waals surface area contributed by atoms with E-state index in [0.29, 0.717) is 18.9 Å². The lowest BCUT2D eigenvalue weighted by Gasteiger charge is -2.18.